The Hall–Kier alpha value is -0.790. The highest BCUT2D eigenvalue weighted by Crippen LogP contribution is 2.66. The third kappa shape index (κ3) is 2.39. The van der Waals surface area contributed by atoms with E-state index in [1.165, 1.54) is 50.5 Å². The Morgan fingerprint density at radius 2 is 2.00 bits per heavy atom. The number of hydrogen-bond acceptors (Lipinski definition) is 1. The van der Waals surface area contributed by atoms with Crippen molar-refractivity contribution < 1.29 is 9.90 Å². The molecule has 0 heterocycles. The summed E-state index contributed by atoms with van der Waals surface area (Å²) in [7, 11) is 0. The van der Waals surface area contributed by atoms with Crippen LogP contribution in [0.5, 0.6) is 0 Å². The number of hydrogen-bond donors (Lipinski definition) is 1. The van der Waals surface area contributed by atoms with Crippen LogP contribution in [0, 0.1) is 34.5 Å². The van der Waals surface area contributed by atoms with E-state index in [2.05, 4.69) is 19.9 Å². The Bertz CT molecular complexity index is 536. The van der Waals surface area contributed by atoms with E-state index in [1.807, 2.05) is 0 Å². The molecule has 0 spiro atoms. The first-order chi connectivity index (χ1) is 10.9. The minimum Gasteiger partial charge on any atom is -0.481 e. The maximum Gasteiger partial charge on any atom is 0.307 e. The fourth-order valence-corrected chi connectivity index (χ4v) is 7.28. The fraction of sp³-hybridized carbons (Fsp3) is 0.857. The molecule has 0 aromatic rings. The highest BCUT2D eigenvalue weighted by atomic mass is 16.4. The molecule has 0 aromatic heterocycles. The highest BCUT2D eigenvalue weighted by Gasteiger charge is 2.57. The summed E-state index contributed by atoms with van der Waals surface area (Å²) >= 11 is 0. The molecule has 0 bridgehead atoms. The van der Waals surface area contributed by atoms with Crippen molar-refractivity contribution in [2.24, 2.45) is 34.5 Å². The van der Waals surface area contributed by atoms with Gasteiger partial charge in [-0.05, 0) is 85.9 Å². The molecule has 1 N–H and O–H groups in total. The number of aliphatic carboxylic acids is 1. The van der Waals surface area contributed by atoms with Crippen molar-refractivity contribution in [3.05, 3.63) is 11.6 Å². The molecule has 6 atom stereocenters. The Labute approximate surface area is 140 Å². The predicted octanol–water partition coefficient (Wildman–Crippen LogP) is 5.43. The van der Waals surface area contributed by atoms with E-state index in [4.69, 9.17) is 5.11 Å². The van der Waals surface area contributed by atoms with E-state index >= 15 is 0 Å². The predicted molar refractivity (Wildman–Crippen MR) is 92.1 cm³/mol. The lowest BCUT2D eigenvalue weighted by molar-refractivity contribution is -0.136. The summed E-state index contributed by atoms with van der Waals surface area (Å²) in [6.45, 7) is 5.11. The molecule has 128 valence electrons. The van der Waals surface area contributed by atoms with Crippen molar-refractivity contribution in [1.29, 1.82) is 0 Å². The minimum absolute atomic E-state index is 0.265. The summed E-state index contributed by atoms with van der Waals surface area (Å²) in [4.78, 5) is 11.1. The summed E-state index contributed by atoms with van der Waals surface area (Å²) < 4.78 is 0. The van der Waals surface area contributed by atoms with E-state index in [0.717, 1.165) is 36.5 Å². The van der Waals surface area contributed by atoms with Gasteiger partial charge >= 0.3 is 5.97 Å². The third-order valence-corrected chi connectivity index (χ3v) is 8.56. The van der Waals surface area contributed by atoms with Gasteiger partial charge in [0.2, 0.25) is 0 Å². The molecule has 0 aromatic carbocycles. The van der Waals surface area contributed by atoms with Crippen molar-refractivity contribution in [2.75, 3.05) is 0 Å². The second-order valence-corrected chi connectivity index (χ2v) is 9.58. The monoisotopic (exact) mass is 316 g/mol. The molecule has 4 unspecified atom stereocenters. The zero-order valence-electron chi connectivity index (χ0n) is 14.8. The number of allylic oxidation sites excluding steroid dienone is 1. The van der Waals surface area contributed by atoms with Gasteiger partial charge in [-0.25, -0.2) is 0 Å². The lowest BCUT2D eigenvalue weighted by Gasteiger charge is -2.59. The largest absolute Gasteiger partial charge is 0.481 e. The van der Waals surface area contributed by atoms with Gasteiger partial charge in [-0.15, -0.1) is 0 Å². The second-order valence-electron chi connectivity index (χ2n) is 9.58. The third-order valence-electron chi connectivity index (χ3n) is 8.56. The van der Waals surface area contributed by atoms with Crippen LogP contribution in [-0.4, -0.2) is 11.1 Å². The smallest absolute Gasteiger partial charge is 0.307 e. The molecular weight excluding hydrogens is 284 g/mol. The minimum atomic E-state index is -0.659. The molecule has 4 rings (SSSR count). The van der Waals surface area contributed by atoms with Crippen molar-refractivity contribution in [1.82, 2.24) is 0 Å². The zero-order valence-corrected chi connectivity index (χ0v) is 14.8. The number of carboxylic acid groups (broad SMARTS) is 1. The molecule has 0 saturated heterocycles. The molecule has 23 heavy (non-hydrogen) atoms. The van der Waals surface area contributed by atoms with Gasteiger partial charge < -0.3 is 5.11 Å². The number of rotatable bonds is 2. The maximum absolute atomic E-state index is 11.1. The van der Waals surface area contributed by atoms with E-state index < -0.39 is 5.97 Å². The average molecular weight is 316 g/mol. The summed E-state index contributed by atoms with van der Waals surface area (Å²) in [5.74, 6) is 2.89. The van der Waals surface area contributed by atoms with Crippen molar-refractivity contribution in [2.45, 2.75) is 78.1 Å². The van der Waals surface area contributed by atoms with Crippen molar-refractivity contribution in [3.8, 4) is 0 Å². The van der Waals surface area contributed by atoms with Gasteiger partial charge in [-0.2, -0.15) is 0 Å². The molecule has 2 heteroatoms. The molecule has 2 nitrogen and oxygen atoms in total. The normalized spacial score (nSPS) is 48.9. The summed E-state index contributed by atoms with van der Waals surface area (Å²) in [5, 5.41) is 9.10. The summed E-state index contributed by atoms with van der Waals surface area (Å²) in [6.07, 6.45) is 14.7. The van der Waals surface area contributed by atoms with Gasteiger partial charge in [0.15, 0.2) is 0 Å². The van der Waals surface area contributed by atoms with Gasteiger partial charge in [-0.3, -0.25) is 4.79 Å². The van der Waals surface area contributed by atoms with Crippen molar-refractivity contribution in [3.63, 3.8) is 0 Å². The Kier molecular flexibility index (Phi) is 3.66. The molecular formula is C21H32O2. The first-order valence-corrected chi connectivity index (χ1v) is 9.82. The summed E-state index contributed by atoms with van der Waals surface area (Å²) in [6, 6.07) is 0. The van der Waals surface area contributed by atoms with Gasteiger partial charge in [0, 0.05) is 0 Å². The molecule has 0 amide bonds. The van der Waals surface area contributed by atoms with Crippen LogP contribution in [0.4, 0.5) is 0 Å². The van der Waals surface area contributed by atoms with Gasteiger partial charge in [0.05, 0.1) is 6.42 Å². The number of carbonyl (C=O) groups is 1. The average Bonchev–Trinajstić information content (AvgIpc) is 2.89. The molecule has 0 aliphatic heterocycles. The van der Waals surface area contributed by atoms with Crippen LogP contribution in [0.3, 0.4) is 0 Å². The standard InChI is InChI=1S/C21H32O2/c1-20-9-3-4-17(20)16-6-5-15-12-14(13-19(22)23)7-11-21(15,2)18(16)8-10-20/h7,15-18H,3-6,8-13H2,1-2H3,(H,22,23)/t15?,16?,17?,18?,20-,21-/m0/s1. The second kappa shape index (κ2) is 5.36. The van der Waals surface area contributed by atoms with Gasteiger partial charge in [-0.1, -0.05) is 31.9 Å². The zero-order chi connectivity index (χ0) is 16.2. The van der Waals surface area contributed by atoms with Crippen LogP contribution in [0.25, 0.3) is 0 Å². The van der Waals surface area contributed by atoms with Crippen LogP contribution >= 0.6 is 0 Å². The Morgan fingerprint density at radius 1 is 1.17 bits per heavy atom. The Morgan fingerprint density at radius 3 is 2.78 bits per heavy atom. The molecule has 4 aliphatic rings. The van der Waals surface area contributed by atoms with Crippen LogP contribution in [0.1, 0.15) is 78.1 Å². The fourth-order valence-electron chi connectivity index (χ4n) is 7.28. The molecule has 3 fully saturated rings. The van der Waals surface area contributed by atoms with Crippen LogP contribution in [0.2, 0.25) is 0 Å². The highest BCUT2D eigenvalue weighted by molar-refractivity contribution is 5.70. The van der Waals surface area contributed by atoms with E-state index in [1.54, 1.807) is 0 Å². The van der Waals surface area contributed by atoms with E-state index in [9.17, 15) is 4.79 Å². The summed E-state index contributed by atoms with van der Waals surface area (Å²) in [5.41, 5.74) is 2.28. The van der Waals surface area contributed by atoms with E-state index in [-0.39, 0.29) is 6.42 Å². The quantitative estimate of drug-likeness (QED) is 0.690. The Balaban J connectivity index is 1.58. The SMILES string of the molecule is C[C@@]12CCCC1C1CCC3CC(CC(=O)O)=CC[C@]3(C)C1CC2. The van der Waals surface area contributed by atoms with Crippen LogP contribution in [-0.2, 0) is 4.79 Å². The first kappa shape index (κ1) is 15.7. The topological polar surface area (TPSA) is 37.3 Å². The van der Waals surface area contributed by atoms with Gasteiger partial charge in [0.1, 0.15) is 0 Å². The number of carboxylic acids is 1. The van der Waals surface area contributed by atoms with E-state index in [0.29, 0.717) is 10.8 Å². The molecule has 3 saturated carbocycles. The number of fused-ring (bicyclic) bond motifs is 5. The van der Waals surface area contributed by atoms with Crippen LogP contribution in [0.15, 0.2) is 11.6 Å². The van der Waals surface area contributed by atoms with Crippen LogP contribution < -0.4 is 0 Å². The first-order valence-electron chi connectivity index (χ1n) is 9.82. The molecule has 4 aliphatic carbocycles. The lowest BCUT2D eigenvalue weighted by Crippen LogP contribution is -2.51. The molecule has 0 radical (unpaired) electrons. The lowest BCUT2D eigenvalue weighted by atomic mass is 9.45. The maximum atomic E-state index is 11.1. The van der Waals surface area contributed by atoms with Crippen molar-refractivity contribution >= 4 is 5.97 Å². The van der Waals surface area contributed by atoms with Gasteiger partial charge in [0.25, 0.3) is 0 Å².